The van der Waals surface area contributed by atoms with Crippen molar-refractivity contribution in [2.75, 3.05) is 39.4 Å². The lowest BCUT2D eigenvalue weighted by atomic mass is 9.95. The maximum Gasteiger partial charge on any atom is 0.317 e. The van der Waals surface area contributed by atoms with Crippen LogP contribution in [0.4, 0.5) is 4.79 Å². The van der Waals surface area contributed by atoms with Gasteiger partial charge in [-0.15, -0.1) is 0 Å². The summed E-state index contributed by atoms with van der Waals surface area (Å²) in [7, 11) is 0. The quantitative estimate of drug-likeness (QED) is 0.824. The average molecular weight is 402 g/mol. The molecule has 29 heavy (non-hydrogen) atoms. The van der Waals surface area contributed by atoms with E-state index in [2.05, 4.69) is 43.4 Å². The molecule has 0 saturated carbocycles. The fraction of sp³-hybridized carbons (Fsp3) is 0.652. The predicted molar refractivity (Wildman–Crippen MR) is 114 cm³/mol. The zero-order valence-corrected chi connectivity index (χ0v) is 18.0. The van der Waals surface area contributed by atoms with Gasteiger partial charge in [0.1, 0.15) is 0 Å². The van der Waals surface area contributed by atoms with Crippen LogP contribution in [-0.4, -0.2) is 61.1 Å². The highest BCUT2D eigenvalue weighted by atomic mass is 16.5. The molecule has 2 heterocycles. The van der Waals surface area contributed by atoms with E-state index in [1.165, 1.54) is 5.56 Å². The second-order valence-corrected chi connectivity index (χ2v) is 8.71. The number of nitrogens with one attached hydrogen (secondary N) is 1. The summed E-state index contributed by atoms with van der Waals surface area (Å²) in [6, 6.07) is 8.44. The molecule has 1 aromatic carbocycles. The fourth-order valence-corrected chi connectivity index (χ4v) is 4.15. The first kappa shape index (κ1) is 21.6. The number of ether oxygens (including phenoxy) is 1. The van der Waals surface area contributed by atoms with Crippen LogP contribution in [0, 0.1) is 11.8 Å². The fourth-order valence-electron chi connectivity index (χ4n) is 4.15. The van der Waals surface area contributed by atoms with Crippen LogP contribution < -0.4 is 5.32 Å². The maximum atomic E-state index is 12.7. The third-order valence-corrected chi connectivity index (χ3v) is 5.92. The highest BCUT2D eigenvalue weighted by Gasteiger charge is 2.31. The van der Waals surface area contributed by atoms with E-state index < -0.39 is 0 Å². The molecule has 0 aromatic heterocycles. The minimum atomic E-state index is -0.0407. The number of morpholine rings is 1. The molecule has 3 rings (SSSR count). The van der Waals surface area contributed by atoms with Gasteiger partial charge in [-0.1, -0.05) is 38.1 Å². The molecule has 2 saturated heterocycles. The van der Waals surface area contributed by atoms with E-state index in [4.69, 9.17) is 4.74 Å². The van der Waals surface area contributed by atoms with E-state index in [-0.39, 0.29) is 23.9 Å². The van der Waals surface area contributed by atoms with Crippen LogP contribution in [-0.2, 0) is 16.0 Å². The number of hydrogen-bond acceptors (Lipinski definition) is 3. The summed E-state index contributed by atoms with van der Waals surface area (Å²) in [5, 5.41) is 3.11. The number of likely N-dealkylation sites (tertiary alicyclic amines) is 1. The van der Waals surface area contributed by atoms with Crippen molar-refractivity contribution in [3.05, 3.63) is 35.4 Å². The van der Waals surface area contributed by atoms with Gasteiger partial charge in [-0.2, -0.15) is 0 Å². The highest BCUT2D eigenvalue weighted by molar-refractivity contribution is 5.80. The Morgan fingerprint density at radius 1 is 1.00 bits per heavy atom. The van der Waals surface area contributed by atoms with Crippen LogP contribution >= 0.6 is 0 Å². The van der Waals surface area contributed by atoms with Crippen LogP contribution in [0.3, 0.4) is 0 Å². The lowest BCUT2D eigenvalue weighted by molar-refractivity contribution is -0.141. The summed E-state index contributed by atoms with van der Waals surface area (Å²) in [4.78, 5) is 29.1. The molecule has 0 bridgehead atoms. The smallest absolute Gasteiger partial charge is 0.317 e. The lowest BCUT2D eigenvalue weighted by Crippen LogP contribution is -2.49. The van der Waals surface area contributed by atoms with Gasteiger partial charge >= 0.3 is 6.03 Å². The Morgan fingerprint density at radius 2 is 1.62 bits per heavy atom. The summed E-state index contributed by atoms with van der Waals surface area (Å²) in [6.45, 7) is 10.3. The van der Waals surface area contributed by atoms with E-state index in [9.17, 15) is 9.59 Å². The molecule has 2 aliphatic heterocycles. The molecule has 1 unspecified atom stereocenters. The van der Waals surface area contributed by atoms with Crippen molar-refractivity contribution in [1.29, 1.82) is 0 Å². The van der Waals surface area contributed by atoms with E-state index in [1.807, 2.05) is 16.7 Å². The molecule has 1 aromatic rings. The molecule has 0 aliphatic carbocycles. The van der Waals surface area contributed by atoms with Gasteiger partial charge in [0, 0.05) is 32.1 Å². The molecule has 2 fully saturated rings. The van der Waals surface area contributed by atoms with Crippen molar-refractivity contribution in [3.63, 3.8) is 0 Å². The molecular formula is C23H35N3O3. The van der Waals surface area contributed by atoms with Gasteiger partial charge in [-0.05, 0) is 43.2 Å². The Morgan fingerprint density at radius 3 is 2.21 bits per heavy atom. The number of carbonyl (C=O) groups is 2. The second kappa shape index (κ2) is 10.1. The largest absolute Gasteiger partial charge is 0.378 e. The van der Waals surface area contributed by atoms with Gasteiger partial charge in [0.05, 0.1) is 19.3 Å². The number of carbonyl (C=O) groups excluding carboxylic acids is 2. The van der Waals surface area contributed by atoms with Crippen molar-refractivity contribution in [1.82, 2.24) is 15.1 Å². The summed E-state index contributed by atoms with van der Waals surface area (Å²) in [5.74, 6) is 0.891. The predicted octanol–water partition coefficient (Wildman–Crippen LogP) is 3.23. The molecule has 6 heteroatoms. The first-order chi connectivity index (χ1) is 13.9. The van der Waals surface area contributed by atoms with Gasteiger partial charge in [0.25, 0.3) is 0 Å². The van der Waals surface area contributed by atoms with E-state index in [0.717, 1.165) is 24.8 Å². The van der Waals surface area contributed by atoms with Crippen molar-refractivity contribution >= 4 is 11.9 Å². The molecule has 0 spiro atoms. The third-order valence-electron chi connectivity index (χ3n) is 5.92. The molecule has 0 radical (unpaired) electrons. The summed E-state index contributed by atoms with van der Waals surface area (Å²) < 4.78 is 5.33. The summed E-state index contributed by atoms with van der Waals surface area (Å²) >= 11 is 0. The van der Waals surface area contributed by atoms with Crippen LogP contribution in [0.5, 0.6) is 0 Å². The SMILES string of the molecule is CC(C)Cc1ccc(C(C)NC(=O)N2CCC(C(=O)N3CCOCC3)CC2)cc1. The van der Waals surface area contributed by atoms with E-state index in [0.29, 0.717) is 45.3 Å². The van der Waals surface area contributed by atoms with Crippen molar-refractivity contribution in [2.45, 2.75) is 46.1 Å². The zero-order valence-electron chi connectivity index (χ0n) is 18.0. The van der Waals surface area contributed by atoms with Gasteiger partial charge in [-0.25, -0.2) is 4.79 Å². The summed E-state index contributed by atoms with van der Waals surface area (Å²) in [5.41, 5.74) is 2.44. The number of benzene rings is 1. The maximum absolute atomic E-state index is 12.7. The second-order valence-electron chi connectivity index (χ2n) is 8.71. The first-order valence-electron chi connectivity index (χ1n) is 10.9. The molecule has 160 valence electrons. The Balaban J connectivity index is 1.46. The highest BCUT2D eigenvalue weighted by Crippen LogP contribution is 2.21. The standard InChI is InChI=1S/C23H35N3O3/c1-17(2)16-19-4-6-20(7-5-19)18(3)24-23(28)26-10-8-21(9-11-26)22(27)25-12-14-29-15-13-25/h4-7,17-18,21H,8-16H2,1-3H3,(H,24,28). The van der Waals surface area contributed by atoms with Gasteiger partial charge in [-0.3, -0.25) is 4.79 Å². The Labute approximate surface area is 174 Å². The number of amides is 3. The number of rotatable bonds is 5. The van der Waals surface area contributed by atoms with Gasteiger partial charge in [0.2, 0.25) is 5.91 Å². The van der Waals surface area contributed by atoms with Crippen LogP contribution in [0.25, 0.3) is 0 Å². The van der Waals surface area contributed by atoms with E-state index in [1.54, 1.807) is 0 Å². The number of nitrogens with zero attached hydrogens (tertiary/aromatic N) is 2. The monoisotopic (exact) mass is 401 g/mol. The average Bonchev–Trinajstić information content (AvgIpc) is 2.74. The first-order valence-corrected chi connectivity index (χ1v) is 10.9. The minimum absolute atomic E-state index is 0.0306. The van der Waals surface area contributed by atoms with Gasteiger partial charge < -0.3 is 19.9 Å². The lowest BCUT2D eigenvalue weighted by Gasteiger charge is -2.35. The van der Waals surface area contributed by atoms with Crippen LogP contribution in [0.2, 0.25) is 0 Å². The molecular weight excluding hydrogens is 366 g/mol. The third kappa shape index (κ3) is 5.95. The Bertz CT molecular complexity index is 675. The minimum Gasteiger partial charge on any atom is -0.378 e. The molecule has 2 aliphatic rings. The van der Waals surface area contributed by atoms with Gasteiger partial charge in [0.15, 0.2) is 0 Å². The van der Waals surface area contributed by atoms with Crippen LogP contribution in [0.1, 0.15) is 50.8 Å². The number of piperidine rings is 1. The van der Waals surface area contributed by atoms with Crippen LogP contribution in [0.15, 0.2) is 24.3 Å². The normalized spacial score (nSPS) is 19.3. The molecule has 1 N–H and O–H groups in total. The topological polar surface area (TPSA) is 61.9 Å². The van der Waals surface area contributed by atoms with Crippen molar-refractivity contribution in [2.24, 2.45) is 11.8 Å². The molecule has 3 amide bonds. The molecule has 6 nitrogen and oxygen atoms in total. The number of hydrogen-bond donors (Lipinski definition) is 1. The summed E-state index contributed by atoms with van der Waals surface area (Å²) in [6.07, 6.45) is 2.54. The van der Waals surface area contributed by atoms with Crippen molar-refractivity contribution < 1.29 is 14.3 Å². The van der Waals surface area contributed by atoms with E-state index >= 15 is 0 Å². The zero-order chi connectivity index (χ0) is 20.8. The Kier molecular flexibility index (Phi) is 7.53. The molecule has 1 atom stereocenters. The Hall–Kier alpha value is -2.08. The van der Waals surface area contributed by atoms with Crippen molar-refractivity contribution in [3.8, 4) is 0 Å². The number of urea groups is 1.